The molecule has 2 heterocycles. The number of hydrogen-bond donors (Lipinski definition) is 1. The number of thioether (sulfide) groups is 1. The van der Waals surface area contributed by atoms with Gasteiger partial charge in [-0.15, -0.1) is 11.8 Å². The number of amides is 2. The van der Waals surface area contributed by atoms with Gasteiger partial charge in [0.1, 0.15) is 0 Å². The van der Waals surface area contributed by atoms with Crippen LogP contribution in [-0.2, 0) is 6.54 Å². The zero-order valence-electron chi connectivity index (χ0n) is 23.0. The topological polar surface area (TPSA) is 50.2 Å². The number of hydrogen-bond acceptors (Lipinski definition) is 3. The summed E-state index contributed by atoms with van der Waals surface area (Å²) in [5.74, 6) is 2.16. The summed E-state index contributed by atoms with van der Waals surface area (Å²) in [7, 11) is 0. The molecule has 4 rings (SSSR count). The fourth-order valence-electron chi connectivity index (χ4n) is 5.09. The first kappa shape index (κ1) is 27.3. The van der Waals surface area contributed by atoms with E-state index in [9.17, 15) is 4.79 Å². The molecule has 0 spiro atoms. The summed E-state index contributed by atoms with van der Waals surface area (Å²) >= 11 is 1.83. The van der Waals surface area contributed by atoms with Gasteiger partial charge in [-0.3, -0.25) is 4.68 Å². The summed E-state index contributed by atoms with van der Waals surface area (Å²) in [4.78, 5) is 16.6. The van der Waals surface area contributed by atoms with E-state index in [0.29, 0.717) is 31.6 Å². The quantitative estimate of drug-likeness (QED) is 0.262. The van der Waals surface area contributed by atoms with Gasteiger partial charge in [0.05, 0.1) is 5.69 Å². The second kappa shape index (κ2) is 12.7. The molecule has 2 aromatic rings. The Morgan fingerprint density at radius 3 is 2.57 bits per heavy atom. The van der Waals surface area contributed by atoms with Gasteiger partial charge in [0.15, 0.2) is 0 Å². The Morgan fingerprint density at radius 2 is 1.92 bits per heavy atom. The van der Waals surface area contributed by atoms with Gasteiger partial charge >= 0.3 is 6.03 Å². The Morgan fingerprint density at radius 1 is 1.16 bits per heavy atom. The van der Waals surface area contributed by atoms with Crippen LogP contribution in [0.15, 0.2) is 71.2 Å². The van der Waals surface area contributed by atoms with E-state index in [1.54, 1.807) is 0 Å². The normalized spacial score (nSPS) is 20.6. The molecule has 1 saturated carbocycles. The lowest BCUT2D eigenvalue weighted by atomic mass is 9.86. The molecule has 1 aromatic carbocycles. The summed E-state index contributed by atoms with van der Waals surface area (Å²) in [6, 6.07) is 11.1. The maximum absolute atomic E-state index is 13.3. The van der Waals surface area contributed by atoms with Crippen molar-refractivity contribution < 1.29 is 4.79 Å². The molecule has 198 valence electrons. The van der Waals surface area contributed by atoms with Gasteiger partial charge in [-0.2, -0.15) is 5.10 Å². The van der Waals surface area contributed by atoms with Gasteiger partial charge in [-0.05, 0) is 70.1 Å². The predicted octanol–water partition coefficient (Wildman–Crippen LogP) is 7.46. The second-order valence-corrected chi connectivity index (χ2v) is 11.8. The van der Waals surface area contributed by atoms with Crippen molar-refractivity contribution in [2.75, 3.05) is 18.8 Å². The highest BCUT2D eigenvalue weighted by Gasteiger charge is 2.40. The molecule has 2 aliphatic rings. The number of aromatic nitrogens is 2. The van der Waals surface area contributed by atoms with Gasteiger partial charge in [0.25, 0.3) is 0 Å². The molecule has 37 heavy (non-hydrogen) atoms. The zero-order chi connectivity index (χ0) is 26.4. The van der Waals surface area contributed by atoms with Gasteiger partial charge in [-0.25, -0.2) is 4.79 Å². The van der Waals surface area contributed by atoms with Crippen LogP contribution in [0.1, 0.15) is 82.3 Å². The first-order valence-electron chi connectivity index (χ1n) is 13.7. The average Bonchev–Trinajstić information content (AvgIpc) is 3.48. The van der Waals surface area contributed by atoms with Gasteiger partial charge in [0, 0.05) is 54.0 Å². The van der Waals surface area contributed by atoms with E-state index < -0.39 is 0 Å². The first-order chi connectivity index (χ1) is 17.9. The summed E-state index contributed by atoms with van der Waals surface area (Å²) in [6.07, 6.45) is 12.9. The molecule has 1 aliphatic carbocycles. The lowest BCUT2D eigenvalue weighted by molar-refractivity contribution is 0.207. The number of likely N-dealkylation sites (tertiary alicyclic amines) is 1. The Hall–Kier alpha value is -2.73. The van der Waals surface area contributed by atoms with Crippen LogP contribution >= 0.6 is 11.8 Å². The van der Waals surface area contributed by atoms with Crippen LogP contribution < -0.4 is 5.32 Å². The van der Waals surface area contributed by atoms with Crippen LogP contribution in [-0.4, -0.2) is 39.6 Å². The lowest BCUT2D eigenvalue weighted by Crippen LogP contribution is -2.38. The highest BCUT2D eigenvalue weighted by molar-refractivity contribution is 7.99. The number of benzene rings is 1. The van der Waals surface area contributed by atoms with Crippen molar-refractivity contribution in [3.05, 3.63) is 83.2 Å². The van der Waals surface area contributed by atoms with Crippen molar-refractivity contribution >= 4 is 17.8 Å². The molecule has 1 aliphatic heterocycles. The minimum atomic E-state index is 0.00907. The van der Waals surface area contributed by atoms with Crippen LogP contribution in [0.2, 0.25) is 0 Å². The van der Waals surface area contributed by atoms with E-state index in [1.807, 2.05) is 35.7 Å². The number of nitrogens with zero attached hydrogens (tertiary/aromatic N) is 3. The molecule has 2 atom stereocenters. The SMILES string of the molecule is C\C=C/C=C\C=C(/C)C1CN(C(=O)NCc2ccc(SCC)cc2)CC1c1cc(C2CC2)nn1C(C)C. The highest BCUT2D eigenvalue weighted by atomic mass is 32.2. The smallest absolute Gasteiger partial charge is 0.317 e. The minimum Gasteiger partial charge on any atom is -0.334 e. The summed E-state index contributed by atoms with van der Waals surface area (Å²) in [6.45, 7) is 12.7. The Labute approximate surface area is 227 Å². The molecular formula is C31H42N4OS. The number of urea groups is 1. The Bertz CT molecular complexity index is 1140. The largest absolute Gasteiger partial charge is 0.334 e. The van der Waals surface area contributed by atoms with Crippen LogP contribution in [0, 0.1) is 5.92 Å². The van der Waals surface area contributed by atoms with Crippen molar-refractivity contribution in [2.45, 2.75) is 76.8 Å². The van der Waals surface area contributed by atoms with E-state index in [0.717, 1.165) is 11.3 Å². The van der Waals surface area contributed by atoms with Crippen molar-refractivity contribution in [1.29, 1.82) is 0 Å². The maximum Gasteiger partial charge on any atom is 0.317 e. The van der Waals surface area contributed by atoms with E-state index in [4.69, 9.17) is 5.10 Å². The third kappa shape index (κ3) is 6.98. The summed E-state index contributed by atoms with van der Waals surface area (Å²) in [5, 5.41) is 8.19. The van der Waals surface area contributed by atoms with E-state index >= 15 is 0 Å². The fraction of sp³-hybridized carbons (Fsp3) is 0.484. The maximum atomic E-state index is 13.3. The van der Waals surface area contributed by atoms with Crippen LogP contribution in [0.5, 0.6) is 0 Å². The van der Waals surface area contributed by atoms with Gasteiger partial charge in [-0.1, -0.05) is 55.0 Å². The molecule has 6 heteroatoms. The number of allylic oxidation sites excluding steroid dienone is 5. The molecule has 2 amide bonds. The fourth-order valence-corrected chi connectivity index (χ4v) is 5.76. The Kier molecular flexibility index (Phi) is 9.36. The van der Waals surface area contributed by atoms with Crippen molar-refractivity contribution in [2.24, 2.45) is 5.92 Å². The first-order valence-corrected chi connectivity index (χ1v) is 14.7. The van der Waals surface area contributed by atoms with Crippen LogP contribution in [0.3, 0.4) is 0 Å². The Balaban J connectivity index is 1.52. The number of carbonyl (C=O) groups excluding carboxylic acids is 1. The van der Waals surface area contributed by atoms with Crippen LogP contribution in [0.25, 0.3) is 0 Å². The average molecular weight is 519 g/mol. The zero-order valence-corrected chi connectivity index (χ0v) is 23.8. The highest BCUT2D eigenvalue weighted by Crippen LogP contribution is 2.43. The van der Waals surface area contributed by atoms with Crippen molar-refractivity contribution in [3.8, 4) is 0 Å². The molecule has 1 saturated heterocycles. The number of rotatable bonds is 10. The number of nitrogens with one attached hydrogen (secondary N) is 1. The second-order valence-electron chi connectivity index (χ2n) is 10.5. The van der Waals surface area contributed by atoms with Gasteiger partial charge in [0.2, 0.25) is 0 Å². The molecule has 1 N–H and O–H groups in total. The molecule has 0 radical (unpaired) electrons. The lowest BCUT2D eigenvalue weighted by Gasteiger charge is -2.21. The standard InChI is InChI=1S/C31H42N4OS/c1-6-8-9-10-11-23(5)27-20-34(31(36)32-19-24-12-16-26(17-13-24)37-7-2)21-28(27)30-18-29(25-14-15-25)33-35(30)22(3)4/h6,8-13,16-18,22,25,27-28H,7,14-15,19-21H2,1-5H3,(H,32,36)/b8-6-,10-9-,23-11+. The molecule has 2 unspecified atom stereocenters. The third-order valence-electron chi connectivity index (χ3n) is 7.29. The number of carbonyl (C=O) groups is 1. The van der Waals surface area contributed by atoms with E-state index in [1.165, 1.54) is 34.7 Å². The predicted molar refractivity (Wildman–Crippen MR) is 155 cm³/mol. The van der Waals surface area contributed by atoms with E-state index in [2.05, 4.69) is 86.3 Å². The summed E-state index contributed by atoms with van der Waals surface area (Å²) < 4.78 is 2.21. The molecular weight excluding hydrogens is 476 g/mol. The molecule has 5 nitrogen and oxygen atoms in total. The van der Waals surface area contributed by atoms with Crippen molar-refractivity contribution in [1.82, 2.24) is 20.0 Å². The van der Waals surface area contributed by atoms with E-state index in [-0.39, 0.29) is 17.9 Å². The minimum absolute atomic E-state index is 0.00907. The van der Waals surface area contributed by atoms with Crippen molar-refractivity contribution in [3.63, 3.8) is 0 Å². The monoisotopic (exact) mass is 518 g/mol. The molecule has 1 aromatic heterocycles. The third-order valence-corrected chi connectivity index (χ3v) is 8.19. The molecule has 0 bridgehead atoms. The van der Waals surface area contributed by atoms with Gasteiger partial charge < -0.3 is 10.2 Å². The summed E-state index contributed by atoms with van der Waals surface area (Å²) in [5.41, 5.74) is 4.92. The molecule has 2 fully saturated rings. The van der Waals surface area contributed by atoms with Crippen LogP contribution in [0.4, 0.5) is 4.79 Å².